The molecule has 0 aromatic heterocycles. The molecule has 0 aliphatic rings. The summed E-state index contributed by atoms with van der Waals surface area (Å²) in [6.45, 7) is 0. The topological polar surface area (TPSA) is 34.1 Å². The van der Waals surface area contributed by atoms with Gasteiger partial charge >= 0.3 is 25.3 Å². The quantitative estimate of drug-likeness (QED) is 0.537. The van der Waals surface area contributed by atoms with E-state index in [0.717, 1.165) is 0 Å². The minimum absolute atomic E-state index is 0. The average Bonchev–Trinajstić information content (AvgIpc) is 0.918. The number of rotatable bonds is 0. The van der Waals surface area contributed by atoms with Crippen molar-refractivity contribution in [2.75, 3.05) is 0 Å². The Kier molecular flexibility index (Phi) is 70.6. The molecule has 0 radical (unpaired) electrons. The number of hydrogen-bond acceptors (Lipinski definition) is 2. The predicted octanol–water partition coefficient (Wildman–Crippen LogP) is 0.603. The van der Waals surface area contributed by atoms with Crippen molar-refractivity contribution < 1.29 is 25.3 Å². The van der Waals surface area contributed by atoms with Crippen LogP contribution in [0, 0.1) is 0 Å². The van der Waals surface area contributed by atoms with E-state index in [1.165, 1.54) is 0 Å². The Labute approximate surface area is 50.3 Å². The fourth-order valence-corrected chi connectivity index (χ4v) is 0. The molecule has 0 saturated heterocycles. The molecule has 0 bridgehead atoms. The third kappa shape index (κ3) is 53.1. The Morgan fingerprint density at radius 2 is 1.00 bits per heavy atom. The van der Waals surface area contributed by atoms with Gasteiger partial charge in [0.15, 0.2) is 0 Å². The van der Waals surface area contributed by atoms with E-state index in [0.29, 0.717) is 0 Å². The Balaban J connectivity index is -0.0000000200. The van der Waals surface area contributed by atoms with Crippen molar-refractivity contribution in [3.05, 3.63) is 0 Å². The van der Waals surface area contributed by atoms with Gasteiger partial charge in [0.1, 0.15) is 0 Å². The SMILES string of the molecule is Cl.Cl.[O]=[Mo]=[O]. The molecule has 0 spiro atoms. The van der Waals surface area contributed by atoms with E-state index in [9.17, 15) is 0 Å². The molecule has 0 aromatic rings. The molecule has 2 nitrogen and oxygen atoms in total. The van der Waals surface area contributed by atoms with Gasteiger partial charge in [0, 0.05) is 0 Å². The molecular weight excluding hydrogens is 199 g/mol. The second kappa shape index (κ2) is 20.9. The van der Waals surface area contributed by atoms with Gasteiger partial charge in [0.25, 0.3) is 0 Å². The van der Waals surface area contributed by atoms with Gasteiger partial charge in [-0.2, -0.15) is 0 Å². The van der Waals surface area contributed by atoms with Crippen LogP contribution in [0.15, 0.2) is 0 Å². The fourth-order valence-electron chi connectivity index (χ4n) is 0. The number of hydrogen-bond donors (Lipinski definition) is 0. The summed E-state index contributed by atoms with van der Waals surface area (Å²) in [5.41, 5.74) is 0. The van der Waals surface area contributed by atoms with E-state index in [1.807, 2.05) is 0 Å². The zero-order valence-corrected chi connectivity index (χ0v) is 5.68. The van der Waals surface area contributed by atoms with Crippen molar-refractivity contribution in [3.8, 4) is 0 Å². The molecule has 0 heterocycles. The first kappa shape index (κ1) is 16.9. The Hall–Kier alpha value is 0.868. The third-order valence-electron chi connectivity index (χ3n) is 0. The standard InChI is InChI=1S/2ClH.Mo.2O/h2*1H;;;. The summed E-state index contributed by atoms with van der Waals surface area (Å²) in [7, 11) is 0. The molecule has 0 amide bonds. The van der Waals surface area contributed by atoms with Gasteiger partial charge in [0.05, 0.1) is 0 Å². The first-order chi connectivity index (χ1) is 1.41. The summed E-state index contributed by atoms with van der Waals surface area (Å²) < 4.78 is 17.0. The maximum absolute atomic E-state index is 8.50. The molecule has 0 saturated carbocycles. The van der Waals surface area contributed by atoms with Crippen molar-refractivity contribution in [1.82, 2.24) is 0 Å². The molecule has 0 rings (SSSR count). The zero-order chi connectivity index (χ0) is 2.71. The Morgan fingerprint density at radius 1 is 1.00 bits per heavy atom. The number of halogens is 2. The Bertz CT molecular complexity index is 28.6. The van der Waals surface area contributed by atoms with Crippen molar-refractivity contribution >= 4 is 24.8 Å². The molecule has 0 aromatic carbocycles. The second-order valence-electron chi connectivity index (χ2n) is 0.0680. The summed E-state index contributed by atoms with van der Waals surface area (Å²) in [6.07, 6.45) is 0. The van der Waals surface area contributed by atoms with Crippen LogP contribution in [0.25, 0.3) is 0 Å². The van der Waals surface area contributed by atoms with Crippen molar-refractivity contribution in [2.45, 2.75) is 0 Å². The van der Waals surface area contributed by atoms with Gasteiger partial charge < -0.3 is 0 Å². The summed E-state index contributed by atoms with van der Waals surface area (Å²) in [5.74, 6) is 0. The molecule has 0 aliphatic carbocycles. The van der Waals surface area contributed by atoms with Gasteiger partial charge in [-0.15, -0.1) is 24.8 Å². The minimum atomic E-state index is -2.03. The summed E-state index contributed by atoms with van der Waals surface area (Å²) in [4.78, 5) is 0. The molecule has 0 N–H and O–H groups in total. The summed E-state index contributed by atoms with van der Waals surface area (Å²) in [5, 5.41) is 0. The molecule has 5 heavy (non-hydrogen) atoms. The van der Waals surface area contributed by atoms with Gasteiger partial charge in [0.2, 0.25) is 0 Å². The van der Waals surface area contributed by atoms with Crippen LogP contribution in [0.3, 0.4) is 0 Å². The summed E-state index contributed by atoms with van der Waals surface area (Å²) in [6, 6.07) is 0. The molecule has 0 unspecified atom stereocenters. The molecular formula is H2Cl2MoO2. The predicted molar refractivity (Wildman–Crippen MR) is 15.9 cm³/mol. The van der Waals surface area contributed by atoms with Crippen molar-refractivity contribution in [2.24, 2.45) is 0 Å². The van der Waals surface area contributed by atoms with Crippen LogP contribution >= 0.6 is 24.8 Å². The maximum atomic E-state index is 8.50. The zero-order valence-electron chi connectivity index (χ0n) is 2.04. The van der Waals surface area contributed by atoms with Gasteiger partial charge in [-0.3, -0.25) is 0 Å². The van der Waals surface area contributed by atoms with E-state index in [4.69, 9.17) is 6.80 Å². The van der Waals surface area contributed by atoms with Gasteiger partial charge in [-0.05, 0) is 0 Å². The van der Waals surface area contributed by atoms with Crippen LogP contribution in [0.5, 0.6) is 0 Å². The molecule has 34 valence electrons. The second-order valence-corrected chi connectivity index (χ2v) is 0.403. The molecule has 0 atom stereocenters. The average molecular weight is 201 g/mol. The van der Waals surface area contributed by atoms with E-state index in [-0.39, 0.29) is 24.8 Å². The first-order valence-electron chi connectivity index (χ1n) is 0.333. The van der Waals surface area contributed by atoms with E-state index in [1.54, 1.807) is 0 Å². The molecule has 0 aliphatic heterocycles. The van der Waals surface area contributed by atoms with Crippen LogP contribution in [0.4, 0.5) is 0 Å². The van der Waals surface area contributed by atoms with Crippen LogP contribution in [-0.4, -0.2) is 0 Å². The monoisotopic (exact) mass is 202 g/mol. The third-order valence-corrected chi connectivity index (χ3v) is 0. The van der Waals surface area contributed by atoms with Crippen LogP contribution in [0.2, 0.25) is 0 Å². The Morgan fingerprint density at radius 3 is 1.00 bits per heavy atom. The first-order valence-corrected chi connectivity index (χ1v) is 1.97. The van der Waals surface area contributed by atoms with Crippen LogP contribution < -0.4 is 0 Å². The van der Waals surface area contributed by atoms with Crippen molar-refractivity contribution in [3.63, 3.8) is 0 Å². The van der Waals surface area contributed by atoms with Gasteiger partial charge in [-0.1, -0.05) is 0 Å². The normalized spacial score (nSPS) is 2.40. The van der Waals surface area contributed by atoms with Crippen LogP contribution in [-0.2, 0) is 25.3 Å². The van der Waals surface area contributed by atoms with E-state index < -0.39 is 18.5 Å². The van der Waals surface area contributed by atoms with Crippen LogP contribution in [0.1, 0.15) is 0 Å². The van der Waals surface area contributed by atoms with Crippen molar-refractivity contribution in [1.29, 1.82) is 0 Å². The molecule has 5 heteroatoms. The molecule has 0 fully saturated rings. The van der Waals surface area contributed by atoms with Gasteiger partial charge in [-0.25, -0.2) is 0 Å². The van der Waals surface area contributed by atoms with E-state index >= 15 is 0 Å². The fraction of sp³-hybridized carbons (Fsp3) is 0. The van der Waals surface area contributed by atoms with E-state index in [2.05, 4.69) is 0 Å². The summed E-state index contributed by atoms with van der Waals surface area (Å²) >= 11 is -2.03.